The lowest BCUT2D eigenvalue weighted by Gasteiger charge is -2.06. The lowest BCUT2D eigenvalue weighted by molar-refractivity contribution is -0.111. The van der Waals surface area contributed by atoms with Crippen molar-refractivity contribution in [1.29, 1.82) is 0 Å². The van der Waals surface area contributed by atoms with E-state index in [2.05, 4.69) is 34.1 Å². The first kappa shape index (κ1) is 11.6. The van der Waals surface area contributed by atoms with Gasteiger partial charge < -0.3 is 0 Å². The Morgan fingerprint density at radius 3 is 2.69 bits per heavy atom. The molecule has 0 N–H and O–H groups in total. The topological polar surface area (TPSA) is 17.1 Å². The van der Waals surface area contributed by atoms with Gasteiger partial charge in [0.25, 0.3) is 0 Å². The Bertz CT molecular complexity index is 536. The summed E-state index contributed by atoms with van der Waals surface area (Å²) in [5.74, 6) is 0. The van der Waals surface area contributed by atoms with Gasteiger partial charge in [0, 0.05) is 10.9 Å². The molecule has 0 saturated carbocycles. The van der Waals surface area contributed by atoms with Crippen molar-refractivity contribution in [2.75, 3.05) is 0 Å². The molecule has 0 aliphatic heterocycles. The average molecular weight is 298 g/mol. The van der Waals surface area contributed by atoms with Gasteiger partial charge in [0.2, 0.25) is 5.24 Å². The van der Waals surface area contributed by atoms with Crippen LogP contribution < -0.4 is 0 Å². The molecule has 2 aromatic rings. The monoisotopic (exact) mass is 296 g/mol. The first-order valence-corrected chi connectivity index (χ1v) is 6.20. The number of carbonyl (C=O) groups is 1. The van der Waals surface area contributed by atoms with Crippen LogP contribution in [0.3, 0.4) is 0 Å². The molecular formula is C13H10BrClO. The zero-order valence-electron chi connectivity index (χ0n) is 8.54. The average Bonchev–Trinajstić information content (AvgIpc) is 2.28. The van der Waals surface area contributed by atoms with Crippen LogP contribution in [0, 0.1) is 0 Å². The van der Waals surface area contributed by atoms with E-state index in [1.807, 2.05) is 18.2 Å². The zero-order valence-corrected chi connectivity index (χ0v) is 10.9. The predicted molar refractivity (Wildman–Crippen MR) is 70.8 cm³/mol. The molecule has 0 amide bonds. The Morgan fingerprint density at radius 1 is 1.19 bits per heavy atom. The smallest absolute Gasteiger partial charge is 0.221 e. The molecule has 0 unspecified atom stereocenters. The molecule has 0 bridgehead atoms. The molecule has 0 aliphatic rings. The summed E-state index contributed by atoms with van der Waals surface area (Å²) in [6, 6.07) is 12.2. The maximum Gasteiger partial charge on any atom is 0.221 e. The van der Waals surface area contributed by atoms with Crippen LogP contribution in [-0.4, -0.2) is 5.24 Å². The molecule has 2 aromatic carbocycles. The number of aryl methyl sites for hydroxylation is 1. The van der Waals surface area contributed by atoms with Gasteiger partial charge in [-0.25, -0.2) is 0 Å². The highest BCUT2D eigenvalue weighted by Gasteiger charge is 2.06. The van der Waals surface area contributed by atoms with Gasteiger partial charge in [-0.1, -0.05) is 36.4 Å². The van der Waals surface area contributed by atoms with E-state index in [1.54, 1.807) is 0 Å². The second-order valence-corrected chi connectivity index (χ2v) is 4.83. The minimum Gasteiger partial charge on any atom is -0.281 e. The van der Waals surface area contributed by atoms with Crippen molar-refractivity contribution in [3.05, 3.63) is 46.4 Å². The highest BCUT2D eigenvalue weighted by molar-refractivity contribution is 9.10. The number of hydrogen-bond acceptors (Lipinski definition) is 1. The Labute approximate surface area is 108 Å². The Hall–Kier alpha value is -0.860. The lowest BCUT2D eigenvalue weighted by Crippen LogP contribution is -1.93. The first-order valence-electron chi connectivity index (χ1n) is 5.03. The van der Waals surface area contributed by atoms with Crippen LogP contribution in [0.25, 0.3) is 10.8 Å². The van der Waals surface area contributed by atoms with E-state index >= 15 is 0 Å². The van der Waals surface area contributed by atoms with Gasteiger partial charge in [0.1, 0.15) is 0 Å². The van der Waals surface area contributed by atoms with Crippen molar-refractivity contribution in [3.8, 4) is 0 Å². The van der Waals surface area contributed by atoms with Crippen molar-refractivity contribution in [2.24, 2.45) is 0 Å². The van der Waals surface area contributed by atoms with Crippen molar-refractivity contribution in [2.45, 2.75) is 12.8 Å². The molecule has 0 aromatic heterocycles. The van der Waals surface area contributed by atoms with Crippen molar-refractivity contribution >= 4 is 43.5 Å². The Balaban J connectivity index is 2.40. The largest absolute Gasteiger partial charge is 0.281 e. The third kappa shape index (κ3) is 2.45. The van der Waals surface area contributed by atoms with Crippen LogP contribution in [0.5, 0.6) is 0 Å². The van der Waals surface area contributed by atoms with E-state index in [4.69, 9.17) is 11.6 Å². The Morgan fingerprint density at radius 2 is 1.94 bits per heavy atom. The van der Waals surface area contributed by atoms with Crippen molar-refractivity contribution in [1.82, 2.24) is 0 Å². The van der Waals surface area contributed by atoms with Crippen LogP contribution in [0.2, 0.25) is 0 Å². The van der Waals surface area contributed by atoms with Gasteiger partial charge in [-0.15, -0.1) is 0 Å². The summed E-state index contributed by atoms with van der Waals surface area (Å²) in [6.07, 6.45) is 1.05. The maximum atomic E-state index is 10.7. The third-order valence-corrected chi connectivity index (χ3v) is 3.66. The van der Waals surface area contributed by atoms with E-state index in [0.29, 0.717) is 12.8 Å². The number of fused-ring (bicyclic) bond motifs is 1. The standard InChI is InChI=1S/C13H10BrClO/c14-13-10(7-8-12(15)16)6-5-9-3-1-2-4-11(9)13/h1-6H,7-8H2. The summed E-state index contributed by atoms with van der Waals surface area (Å²) in [6.45, 7) is 0. The predicted octanol–water partition coefficient (Wildman–Crippen LogP) is 4.30. The van der Waals surface area contributed by atoms with E-state index in [-0.39, 0.29) is 5.24 Å². The molecule has 16 heavy (non-hydrogen) atoms. The number of carbonyl (C=O) groups excluding carboxylic acids is 1. The third-order valence-electron chi connectivity index (χ3n) is 2.53. The van der Waals surface area contributed by atoms with E-state index in [9.17, 15) is 4.79 Å². The second-order valence-electron chi connectivity index (χ2n) is 3.61. The van der Waals surface area contributed by atoms with Crippen LogP contribution in [0.4, 0.5) is 0 Å². The summed E-state index contributed by atoms with van der Waals surface area (Å²) in [5, 5.41) is 2.07. The molecule has 0 heterocycles. The molecule has 0 radical (unpaired) electrons. The van der Waals surface area contributed by atoms with Crippen molar-refractivity contribution in [3.63, 3.8) is 0 Å². The Kier molecular flexibility index (Phi) is 3.62. The minimum atomic E-state index is -0.292. The molecule has 0 spiro atoms. The molecule has 3 heteroatoms. The minimum absolute atomic E-state index is 0.292. The maximum absolute atomic E-state index is 10.7. The fourth-order valence-corrected chi connectivity index (χ4v) is 2.49. The zero-order chi connectivity index (χ0) is 11.5. The molecule has 0 saturated heterocycles. The first-order chi connectivity index (χ1) is 7.68. The number of hydrogen-bond donors (Lipinski definition) is 0. The molecule has 2 rings (SSSR count). The fourth-order valence-electron chi connectivity index (χ4n) is 1.70. The van der Waals surface area contributed by atoms with E-state index in [0.717, 1.165) is 10.0 Å². The van der Waals surface area contributed by atoms with Gasteiger partial charge in [-0.05, 0) is 50.3 Å². The fraction of sp³-hybridized carbons (Fsp3) is 0.154. The van der Waals surface area contributed by atoms with Gasteiger partial charge in [0.15, 0.2) is 0 Å². The number of benzene rings is 2. The summed E-state index contributed by atoms with van der Waals surface area (Å²) in [5.41, 5.74) is 1.12. The molecule has 0 aliphatic carbocycles. The highest BCUT2D eigenvalue weighted by Crippen LogP contribution is 2.28. The van der Waals surface area contributed by atoms with Gasteiger partial charge in [-0.3, -0.25) is 4.79 Å². The van der Waals surface area contributed by atoms with Crippen LogP contribution in [0.1, 0.15) is 12.0 Å². The van der Waals surface area contributed by atoms with Crippen LogP contribution >= 0.6 is 27.5 Å². The van der Waals surface area contributed by atoms with Gasteiger partial charge in [0.05, 0.1) is 0 Å². The summed E-state index contributed by atoms with van der Waals surface area (Å²) in [7, 11) is 0. The molecule has 82 valence electrons. The summed E-state index contributed by atoms with van der Waals surface area (Å²) < 4.78 is 1.06. The number of halogens is 2. The number of rotatable bonds is 3. The van der Waals surface area contributed by atoms with E-state index < -0.39 is 0 Å². The van der Waals surface area contributed by atoms with Gasteiger partial charge in [-0.2, -0.15) is 0 Å². The molecule has 0 fully saturated rings. The SMILES string of the molecule is O=C(Cl)CCc1ccc2ccccc2c1Br. The van der Waals surface area contributed by atoms with E-state index in [1.165, 1.54) is 10.8 Å². The molecule has 1 nitrogen and oxygen atoms in total. The highest BCUT2D eigenvalue weighted by atomic mass is 79.9. The lowest BCUT2D eigenvalue weighted by atomic mass is 10.0. The summed E-state index contributed by atoms with van der Waals surface area (Å²) >= 11 is 8.92. The summed E-state index contributed by atoms with van der Waals surface area (Å²) in [4.78, 5) is 10.7. The van der Waals surface area contributed by atoms with Gasteiger partial charge >= 0.3 is 0 Å². The van der Waals surface area contributed by atoms with Crippen LogP contribution in [-0.2, 0) is 11.2 Å². The quantitative estimate of drug-likeness (QED) is 0.772. The molecule has 0 atom stereocenters. The van der Waals surface area contributed by atoms with Crippen LogP contribution in [0.15, 0.2) is 40.9 Å². The normalized spacial score (nSPS) is 10.6. The van der Waals surface area contributed by atoms with Crippen molar-refractivity contribution < 1.29 is 4.79 Å². The second kappa shape index (κ2) is 4.98. The molecular weight excluding hydrogens is 287 g/mol.